The number of halogens is 2. The Hall–Kier alpha value is -2.97. The zero-order valence-electron chi connectivity index (χ0n) is 15.0. The van der Waals surface area contributed by atoms with E-state index in [4.69, 9.17) is 11.5 Å². The third kappa shape index (κ3) is 3.56. The average Bonchev–Trinajstić information content (AvgIpc) is 3.07. The van der Waals surface area contributed by atoms with Crippen molar-refractivity contribution < 1.29 is 4.79 Å². The number of H-pyrrole nitrogens is 1. The molecule has 8 heteroatoms. The van der Waals surface area contributed by atoms with Crippen LogP contribution in [0.2, 0.25) is 0 Å². The Morgan fingerprint density at radius 1 is 0.966 bits per heavy atom. The molecule has 2 aromatic heterocycles. The van der Waals surface area contributed by atoms with Gasteiger partial charge in [-0.3, -0.25) is 4.79 Å². The van der Waals surface area contributed by atoms with Gasteiger partial charge in [-0.15, -0.1) is 0 Å². The van der Waals surface area contributed by atoms with Crippen molar-refractivity contribution in [1.82, 2.24) is 15.0 Å². The smallest absolute Gasteiger partial charge is 0.249 e. The summed E-state index contributed by atoms with van der Waals surface area (Å²) >= 11 is 7.20. The van der Waals surface area contributed by atoms with Crippen LogP contribution in [0.5, 0.6) is 0 Å². The number of anilines is 1. The van der Waals surface area contributed by atoms with E-state index in [-0.39, 0.29) is 5.95 Å². The maximum absolute atomic E-state index is 12.1. The molecule has 0 saturated carbocycles. The lowest BCUT2D eigenvalue weighted by Crippen LogP contribution is -2.12. The van der Waals surface area contributed by atoms with Gasteiger partial charge in [0, 0.05) is 17.3 Å². The van der Waals surface area contributed by atoms with Gasteiger partial charge in [0.25, 0.3) is 0 Å². The molecule has 144 valence electrons. The van der Waals surface area contributed by atoms with E-state index in [9.17, 15) is 4.79 Å². The summed E-state index contributed by atoms with van der Waals surface area (Å²) in [4.78, 5) is 23.9. The number of rotatable bonds is 4. The van der Waals surface area contributed by atoms with Crippen LogP contribution in [-0.4, -0.2) is 20.9 Å². The number of nitrogens with two attached hydrogens (primary N) is 2. The molecule has 0 aliphatic carbocycles. The second kappa shape index (κ2) is 7.81. The van der Waals surface area contributed by atoms with E-state index < -0.39 is 5.91 Å². The van der Waals surface area contributed by atoms with Crippen LogP contribution in [0.25, 0.3) is 33.8 Å². The van der Waals surface area contributed by atoms with Crippen molar-refractivity contribution in [3.05, 3.63) is 75.3 Å². The summed E-state index contributed by atoms with van der Waals surface area (Å²) in [5, 5.41) is 0. The first kappa shape index (κ1) is 19.4. The molecule has 0 fully saturated rings. The number of benzene rings is 2. The molecule has 29 heavy (non-hydrogen) atoms. The van der Waals surface area contributed by atoms with Gasteiger partial charge in [-0.05, 0) is 49.1 Å². The van der Waals surface area contributed by atoms with Crippen molar-refractivity contribution in [1.29, 1.82) is 0 Å². The Balaban J connectivity index is 2.06. The molecule has 0 spiro atoms. The number of aromatic nitrogens is 3. The average molecular weight is 513 g/mol. The molecule has 0 bridgehead atoms. The van der Waals surface area contributed by atoms with Crippen LogP contribution in [0, 0.1) is 0 Å². The normalized spacial score (nSPS) is 10.8. The lowest BCUT2D eigenvalue weighted by molar-refractivity contribution is 0.100. The minimum Gasteiger partial charge on any atom is -0.368 e. The first-order valence-electron chi connectivity index (χ1n) is 8.62. The van der Waals surface area contributed by atoms with Crippen molar-refractivity contribution in [2.24, 2.45) is 5.73 Å². The van der Waals surface area contributed by atoms with Gasteiger partial charge in [0.15, 0.2) is 0 Å². The number of aromatic amines is 1. The van der Waals surface area contributed by atoms with Crippen LogP contribution >= 0.6 is 31.9 Å². The number of primary amides is 1. The number of carbonyl (C=O) groups is 1. The molecule has 4 aromatic rings. The fourth-order valence-electron chi connectivity index (χ4n) is 3.19. The maximum atomic E-state index is 12.1. The van der Waals surface area contributed by atoms with Crippen LogP contribution in [0.4, 0.5) is 5.95 Å². The van der Waals surface area contributed by atoms with Crippen LogP contribution in [-0.2, 0) is 0 Å². The molecule has 0 radical (unpaired) electrons. The zero-order chi connectivity index (χ0) is 20.5. The third-order valence-corrected chi connectivity index (χ3v) is 5.84. The number of amides is 1. The molecular formula is C21H15Br2N5O. The predicted molar refractivity (Wildman–Crippen MR) is 121 cm³/mol. The molecule has 1 amide bonds. The van der Waals surface area contributed by atoms with Gasteiger partial charge in [-0.2, -0.15) is 0 Å². The molecule has 6 nitrogen and oxygen atoms in total. The van der Waals surface area contributed by atoms with Crippen molar-refractivity contribution in [2.75, 3.05) is 5.73 Å². The largest absolute Gasteiger partial charge is 0.368 e. The van der Waals surface area contributed by atoms with Gasteiger partial charge in [0.1, 0.15) is 5.69 Å². The predicted octanol–water partition coefficient (Wildman–Crippen LogP) is 5.01. The topological polar surface area (TPSA) is 111 Å². The number of hydrogen-bond donors (Lipinski definition) is 3. The second-order valence-electron chi connectivity index (χ2n) is 6.26. The van der Waals surface area contributed by atoms with Crippen LogP contribution in [0.1, 0.15) is 10.4 Å². The van der Waals surface area contributed by atoms with E-state index in [0.29, 0.717) is 27.0 Å². The molecule has 2 aromatic carbocycles. The van der Waals surface area contributed by atoms with Crippen molar-refractivity contribution in [2.45, 2.75) is 0 Å². The summed E-state index contributed by atoms with van der Waals surface area (Å²) in [6.45, 7) is 0. The SMILES string of the molecule is NC(=O)c1ccccc1-c1c(-c2ccccc2)[nH]c(-c2nc(N)ncc2Br)c1Br. The van der Waals surface area contributed by atoms with Crippen molar-refractivity contribution in [3.63, 3.8) is 0 Å². The summed E-state index contributed by atoms with van der Waals surface area (Å²) in [5.41, 5.74) is 16.5. The van der Waals surface area contributed by atoms with Gasteiger partial charge < -0.3 is 16.5 Å². The Morgan fingerprint density at radius 2 is 1.66 bits per heavy atom. The summed E-state index contributed by atoms with van der Waals surface area (Å²) < 4.78 is 1.42. The molecule has 0 atom stereocenters. The number of nitrogens with zero attached hydrogens (tertiary/aromatic N) is 2. The summed E-state index contributed by atoms with van der Waals surface area (Å²) in [6.07, 6.45) is 1.60. The van der Waals surface area contributed by atoms with Crippen LogP contribution in [0.15, 0.2) is 69.7 Å². The molecule has 0 unspecified atom stereocenters. The minimum absolute atomic E-state index is 0.157. The molecule has 4 rings (SSSR count). The van der Waals surface area contributed by atoms with Gasteiger partial charge in [-0.25, -0.2) is 9.97 Å². The van der Waals surface area contributed by atoms with Gasteiger partial charge in [0.2, 0.25) is 11.9 Å². The van der Waals surface area contributed by atoms with Crippen LogP contribution < -0.4 is 11.5 Å². The zero-order valence-corrected chi connectivity index (χ0v) is 18.2. The van der Waals surface area contributed by atoms with E-state index >= 15 is 0 Å². The third-order valence-electron chi connectivity index (χ3n) is 4.46. The van der Waals surface area contributed by atoms with Crippen molar-refractivity contribution >= 4 is 43.7 Å². The first-order valence-corrected chi connectivity index (χ1v) is 10.2. The fraction of sp³-hybridized carbons (Fsp3) is 0. The van der Waals surface area contributed by atoms with E-state index in [0.717, 1.165) is 21.3 Å². The molecule has 0 saturated heterocycles. The lowest BCUT2D eigenvalue weighted by atomic mass is 9.96. The first-order chi connectivity index (χ1) is 14.0. The minimum atomic E-state index is -0.498. The highest BCUT2D eigenvalue weighted by atomic mass is 79.9. The second-order valence-corrected chi connectivity index (χ2v) is 7.91. The van der Waals surface area contributed by atoms with E-state index in [1.165, 1.54) is 0 Å². The monoisotopic (exact) mass is 511 g/mol. The lowest BCUT2D eigenvalue weighted by Gasteiger charge is -2.09. The molecule has 0 aliphatic heterocycles. The molecule has 0 aliphatic rings. The number of nitrogens with one attached hydrogen (secondary N) is 1. The van der Waals surface area contributed by atoms with Gasteiger partial charge in [-0.1, -0.05) is 48.5 Å². The summed E-state index contributed by atoms with van der Waals surface area (Å²) in [6, 6.07) is 17.1. The Kier molecular flexibility index (Phi) is 5.21. The number of nitrogen functional groups attached to an aromatic ring is 1. The van der Waals surface area contributed by atoms with Gasteiger partial charge >= 0.3 is 0 Å². The Bertz CT molecular complexity index is 1220. The van der Waals surface area contributed by atoms with E-state index in [1.54, 1.807) is 18.3 Å². The molecular weight excluding hydrogens is 498 g/mol. The summed E-state index contributed by atoms with van der Waals surface area (Å²) in [7, 11) is 0. The van der Waals surface area contributed by atoms with E-state index in [2.05, 4.69) is 46.8 Å². The number of carbonyl (C=O) groups excluding carboxylic acids is 1. The van der Waals surface area contributed by atoms with E-state index in [1.807, 2.05) is 42.5 Å². The highest BCUT2D eigenvalue weighted by Crippen LogP contribution is 2.45. The Morgan fingerprint density at radius 3 is 2.38 bits per heavy atom. The highest BCUT2D eigenvalue weighted by Gasteiger charge is 2.24. The number of hydrogen-bond acceptors (Lipinski definition) is 4. The quantitative estimate of drug-likeness (QED) is 0.356. The fourth-order valence-corrected chi connectivity index (χ4v) is 4.27. The highest BCUT2D eigenvalue weighted by molar-refractivity contribution is 9.11. The van der Waals surface area contributed by atoms with Crippen LogP contribution in [0.3, 0.4) is 0 Å². The van der Waals surface area contributed by atoms with Crippen molar-refractivity contribution in [3.8, 4) is 33.8 Å². The maximum Gasteiger partial charge on any atom is 0.249 e. The molecule has 2 heterocycles. The standard InChI is InChI=1S/C21H15Br2N5O/c22-14-10-26-21(25)28-18(14)19-16(23)15(12-8-4-5-9-13(12)20(24)29)17(27-19)11-6-2-1-3-7-11/h1-10,27H,(H2,24,29)(H2,25,26,28). The summed E-state index contributed by atoms with van der Waals surface area (Å²) in [5.74, 6) is -0.341. The Labute approximate surface area is 183 Å². The molecule has 5 N–H and O–H groups in total. The van der Waals surface area contributed by atoms with Gasteiger partial charge in [0.05, 0.1) is 20.3 Å².